The van der Waals surface area contributed by atoms with Gasteiger partial charge in [-0.05, 0) is 30.5 Å². The molecule has 0 radical (unpaired) electrons. The van der Waals surface area contributed by atoms with Crippen LogP contribution in [0.4, 0.5) is 0 Å². The monoisotopic (exact) mass is 188 g/mol. The lowest BCUT2D eigenvalue weighted by atomic mass is 10.00. The van der Waals surface area contributed by atoms with Gasteiger partial charge >= 0.3 is 0 Å². The second-order valence-corrected chi connectivity index (χ2v) is 4.13. The van der Waals surface area contributed by atoms with Gasteiger partial charge in [0.05, 0.1) is 0 Å². The molecule has 0 N–H and O–H groups in total. The Morgan fingerprint density at radius 3 is 2.79 bits per heavy atom. The van der Waals surface area contributed by atoms with Gasteiger partial charge in [0.15, 0.2) is 0 Å². The van der Waals surface area contributed by atoms with E-state index >= 15 is 0 Å². The van der Waals surface area contributed by atoms with Crippen LogP contribution in [0.25, 0.3) is 6.08 Å². The van der Waals surface area contributed by atoms with E-state index in [4.69, 9.17) is 4.74 Å². The van der Waals surface area contributed by atoms with E-state index < -0.39 is 0 Å². The van der Waals surface area contributed by atoms with Crippen LogP contribution in [0.15, 0.2) is 24.3 Å². The molecule has 1 unspecified atom stereocenters. The van der Waals surface area contributed by atoms with Crippen LogP contribution >= 0.6 is 0 Å². The van der Waals surface area contributed by atoms with E-state index in [0.717, 1.165) is 5.75 Å². The second kappa shape index (κ2) is 3.49. The lowest BCUT2D eigenvalue weighted by Crippen LogP contribution is -2.12. The maximum atomic E-state index is 5.74. The molecule has 0 amide bonds. The summed E-state index contributed by atoms with van der Waals surface area (Å²) in [4.78, 5) is 0. The molecule has 14 heavy (non-hydrogen) atoms. The average Bonchev–Trinajstić information content (AvgIpc) is 2.16. The van der Waals surface area contributed by atoms with Gasteiger partial charge in [-0.15, -0.1) is 0 Å². The van der Waals surface area contributed by atoms with Crippen LogP contribution in [-0.4, -0.2) is 6.10 Å². The van der Waals surface area contributed by atoms with Gasteiger partial charge in [0.1, 0.15) is 11.9 Å². The maximum Gasteiger partial charge on any atom is 0.127 e. The lowest BCUT2D eigenvalue weighted by Gasteiger charge is -2.19. The average molecular weight is 188 g/mol. The van der Waals surface area contributed by atoms with Crippen LogP contribution in [0, 0.1) is 0 Å². The number of ether oxygens (including phenoxy) is 1. The molecule has 1 atom stereocenters. The van der Waals surface area contributed by atoms with E-state index in [2.05, 4.69) is 51.1 Å². The highest BCUT2D eigenvalue weighted by Gasteiger charge is 2.11. The predicted octanol–water partition coefficient (Wildman–Crippen LogP) is 3.60. The minimum Gasteiger partial charge on any atom is -0.486 e. The molecule has 0 spiro atoms. The summed E-state index contributed by atoms with van der Waals surface area (Å²) < 4.78 is 5.74. The molecule has 1 aliphatic heterocycles. The molecule has 1 aliphatic rings. The lowest BCUT2D eigenvalue weighted by molar-refractivity contribution is 0.266. The largest absolute Gasteiger partial charge is 0.486 e. The van der Waals surface area contributed by atoms with Crippen molar-refractivity contribution >= 4 is 6.08 Å². The van der Waals surface area contributed by atoms with Crippen LogP contribution in [0.5, 0.6) is 5.75 Å². The fourth-order valence-corrected chi connectivity index (χ4v) is 1.63. The first kappa shape index (κ1) is 9.32. The Hall–Kier alpha value is -1.24. The quantitative estimate of drug-likeness (QED) is 0.654. The van der Waals surface area contributed by atoms with E-state index in [1.54, 1.807) is 0 Å². The van der Waals surface area contributed by atoms with Gasteiger partial charge in [0.25, 0.3) is 0 Å². The molecule has 1 heteroatoms. The third-order valence-corrected chi connectivity index (χ3v) is 2.56. The van der Waals surface area contributed by atoms with Gasteiger partial charge in [0.2, 0.25) is 0 Å². The SMILES string of the molecule is CC1C=Cc2ccc(C(C)C)cc2O1. The molecular formula is C13H16O. The Labute approximate surface area is 85.4 Å². The van der Waals surface area contributed by atoms with E-state index in [0.29, 0.717) is 5.92 Å². The van der Waals surface area contributed by atoms with Gasteiger partial charge in [-0.3, -0.25) is 0 Å². The van der Waals surface area contributed by atoms with Gasteiger partial charge in [0, 0.05) is 5.56 Å². The van der Waals surface area contributed by atoms with E-state index in [1.807, 2.05) is 0 Å². The number of hydrogen-bond acceptors (Lipinski definition) is 1. The molecule has 1 aromatic rings. The zero-order chi connectivity index (χ0) is 10.1. The summed E-state index contributed by atoms with van der Waals surface area (Å²) in [6, 6.07) is 6.46. The first-order valence-electron chi connectivity index (χ1n) is 5.15. The van der Waals surface area contributed by atoms with E-state index in [9.17, 15) is 0 Å². The Morgan fingerprint density at radius 2 is 2.07 bits per heavy atom. The Bertz CT molecular complexity index is 363. The standard InChI is InChI=1S/C13H16O/c1-9(2)12-7-6-11-5-4-10(3)14-13(11)8-12/h4-10H,1-3H3. The van der Waals surface area contributed by atoms with Crippen molar-refractivity contribution in [3.63, 3.8) is 0 Å². The van der Waals surface area contributed by atoms with Gasteiger partial charge < -0.3 is 4.74 Å². The molecule has 74 valence electrons. The van der Waals surface area contributed by atoms with Crippen LogP contribution in [0.3, 0.4) is 0 Å². The first-order valence-corrected chi connectivity index (χ1v) is 5.15. The van der Waals surface area contributed by atoms with Crippen LogP contribution < -0.4 is 4.74 Å². The molecule has 0 fully saturated rings. The Morgan fingerprint density at radius 1 is 1.29 bits per heavy atom. The van der Waals surface area contributed by atoms with Crippen LogP contribution in [0.1, 0.15) is 37.8 Å². The number of benzene rings is 1. The Kier molecular flexibility index (Phi) is 2.32. The van der Waals surface area contributed by atoms with Crippen molar-refractivity contribution in [2.75, 3.05) is 0 Å². The van der Waals surface area contributed by atoms with Crippen molar-refractivity contribution in [1.82, 2.24) is 0 Å². The van der Waals surface area contributed by atoms with Gasteiger partial charge in [-0.25, -0.2) is 0 Å². The van der Waals surface area contributed by atoms with Crippen molar-refractivity contribution in [3.05, 3.63) is 35.4 Å². The summed E-state index contributed by atoms with van der Waals surface area (Å²) in [6.07, 6.45) is 4.41. The van der Waals surface area contributed by atoms with Crippen molar-refractivity contribution in [1.29, 1.82) is 0 Å². The molecule has 2 rings (SSSR count). The summed E-state index contributed by atoms with van der Waals surface area (Å²) in [5.41, 5.74) is 2.53. The summed E-state index contributed by atoms with van der Waals surface area (Å²) in [5.74, 6) is 1.58. The molecule has 0 bridgehead atoms. The molecule has 1 aromatic carbocycles. The Balaban J connectivity index is 2.40. The first-order chi connectivity index (χ1) is 6.66. The van der Waals surface area contributed by atoms with Crippen molar-refractivity contribution < 1.29 is 4.74 Å². The molecule has 0 aromatic heterocycles. The highest BCUT2D eigenvalue weighted by Crippen LogP contribution is 2.29. The normalized spacial score (nSPS) is 19.3. The highest BCUT2D eigenvalue weighted by atomic mass is 16.5. The molecule has 1 heterocycles. The fourth-order valence-electron chi connectivity index (χ4n) is 1.63. The summed E-state index contributed by atoms with van der Waals surface area (Å²) in [7, 11) is 0. The summed E-state index contributed by atoms with van der Waals surface area (Å²) in [6.45, 7) is 6.45. The summed E-state index contributed by atoms with van der Waals surface area (Å²) in [5, 5.41) is 0. The second-order valence-electron chi connectivity index (χ2n) is 4.13. The van der Waals surface area contributed by atoms with Gasteiger partial charge in [-0.2, -0.15) is 0 Å². The zero-order valence-corrected chi connectivity index (χ0v) is 8.95. The minimum absolute atomic E-state index is 0.199. The van der Waals surface area contributed by atoms with Crippen molar-refractivity contribution in [2.45, 2.75) is 32.8 Å². The summed E-state index contributed by atoms with van der Waals surface area (Å²) >= 11 is 0. The third kappa shape index (κ3) is 1.67. The number of hydrogen-bond donors (Lipinski definition) is 0. The number of fused-ring (bicyclic) bond motifs is 1. The molecule has 1 nitrogen and oxygen atoms in total. The topological polar surface area (TPSA) is 9.23 Å². The van der Waals surface area contributed by atoms with E-state index in [-0.39, 0.29) is 6.10 Å². The number of rotatable bonds is 1. The fraction of sp³-hybridized carbons (Fsp3) is 0.385. The molecule has 0 saturated heterocycles. The molecule has 0 aliphatic carbocycles. The zero-order valence-electron chi connectivity index (χ0n) is 8.95. The minimum atomic E-state index is 0.199. The molecular weight excluding hydrogens is 172 g/mol. The molecule has 0 saturated carbocycles. The van der Waals surface area contributed by atoms with Crippen molar-refractivity contribution in [2.24, 2.45) is 0 Å². The smallest absolute Gasteiger partial charge is 0.127 e. The van der Waals surface area contributed by atoms with Gasteiger partial charge in [-0.1, -0.05) is 32.1 Å². The van der Waals surface area contributed by atoms with Crippen molar-refractivity contribution in [3.8, 4) is 5.75 Å². The third-order valence-electron chi connectivity index (χ3n) is 2.56. The predicted molar refractivity (Wildman–Crippen MR) is 59.7 cm³/mol. The highest BCUT2D eigenvalue weighted by molar-refractivity contribution is 5.60. The van der Waals surface area contributed by atoms with Crippen LogP contribution in [0.2, 0.25) is 0 Å². The van der Waals surface area contributed by atoms with Crippen LogP contribution in [-0.2, 0) is 0 Å². The maximum absolute atomic E-state index is 5.74. The van der Waals surface area contributed by atoms with E-state index in [1.165, 1.54) is 11.1 Å².